The summed E-state index contributed by atoms with van der Waals surface area (Å²) in [5.74, 6) is 1.98. The van der Waals surface area contributed by atoms with Crippen molar-refractivity contribution in [1.29, 1.82) is 0 Å². The molecule has 0 atom stereocenters. The monoisotopic (exact) mass is 277 g/mol. The Bertz CT molecular complexity index is 646. The molecule has 2 rings (SSSR count). The van der Waals surface area contributed by atoms with Gasteiger partial charge in [0.05, 0.1) is 19.8 Å². The first-order valence-corrected chi connectivity index (χ1v) is 6.11. The predicted molar refractivity (Wildman–Crippen MR) is 76.1 cm³/mol. The van der Waals surface area contributed by atoms with Crippen molar-refractivity contribution >= 4 is 12.2 Å². The molecule has 0 aliphatic rings. The number of benzene rings is 1. The molecule has 1 N–H and O–H groups in total. The number of para-hydroxylation sites is 1. The maximum atomic E-state index is 5.41. The summed E-state index contributed by atoms with van der Waals surface area (Å²) in [6.07, 6.45) is 1.77. The summed E-state index contributed by atoms with van der Waals surface area (Å²) in [5, 5.41) is 7.03. The van der Waals surface area contributed by atoms with E-state index >= 15 is 0 Å². The van der Waals surface area contributed by atoms with E-state index in [2.05, 4.69) is 16.8 Å². The van der Waals surface area contributed by atoms with Gasteiger partial charge in [-0.2, -0.15) is 5.10 Å². The average Bonchev–Trinajstić information content (AvgIpc) is 2.79. The van der Waals surface area contributed by atoms with Crippen LogP contribution in [0.15, 0.2) is 30.9 Å². The Labute approximate surface area is 116 Å². The third-order valence-corrected chi connectivity index (χ3v) is 3.03. The highest BCUT2D eigenvalue weighted by molar-refractivity contribution is 7.71. The van der Waals surface area contributed by atoms with Gasteiger partial charge in [0, 0.05) is 6.54 Å². The molecule has 1 heterocycles. The molecule has 100 valence electrons. The summed E-state index contributed by atoms with van der Waals surface area (Å²) < 4.78 is 13.1. The van der Waals surface area contributed by atoms with Crippen molar-refractivity contribution < 1.29 is 9.47 Å². The quantitative estimate of drug-likeness (QED) is 0.674. The fraction of sp³-hybridized carbons (Fsp3) is 0.231. The number of rotatable bonds is 5. The first-order valence-electron chi connectivity index (χ1n) is 5.70. The predicted octanol–water partition coefficient (Wildman–Crippen LogP) is 2.81. The summed E-state index contributed by atoms with van der Waals surface area (Å²) in [5.41, 5.74) is 0.816. The summed E-state index contributed by atoms with van der Waals surface area (Å²) in [6, 6.07) is 5.62. The normalized spacial score (nSPS) is 10.2. The molecule has 0 aliphatic carbocycles. The van der Waals surface area contributed by atoms with Crippen LogP contribution in [0.1, 0.15) is 0 Å². The van der Waals surface area contributed by atoms with Crippen molar-refractivity contribution in [2.75, 3.05) is 14.2 Å². The number of aromatic amines is 1. The standard InChI is InChI=1S/C13H15N3O2S/c1-4-8-16-12(14-15-13(16)19)9-6-5-7-10(17-2)11(9)18-3/h4-7H,1,8H2,2-3H3,(H,15,19). The van der Waals surface area contributed by atoms with Gasteiger partial charge in [-0.25, -0.2) is 0 Å². The zero-order valence-corrected chi connectivity index (χ0v) is 11.7. The lowest BCUT2D eigenvalue weighted by molar-refractivity contribution is 0.356. The number of H-pyrrole nitrogens is 1. The number of hydrogen-bond acceptors (Lipinski definition) is 4. The second kappa shape index (κ2) is 5.71. The van der Waals surface area contributed by atoms with Crippen LogP contribution < -0.4 is 9.47 Å². The second-order valence-electron chi connectivity index (χ2n) is 3.79. The Morgan fingerprint density at radius 2 is 2.21 bits per heavy atom. The third kappa shape index (κ3) is 2.39. The molecule has 0 bridgehead atoms. The lowest BCUT2D eigenvalue weighted by atomic mass is 10.1. The number of hydrogen-bond donors (Lipinski definition) is 1. The zero-order valence-electron chi connectivity index (χ0n) is 10.8. The van der Waals surface area contributed by atoms with Gasteiger partial charge in [-0.05, 0) is 24.4 Å². The Balaban J connectivity index is 2.65. The molecule has 0 radical (unpaired) electrons. The summed E-state index contributed by atoms with van der Waals surface area (Å²) >= 11 is 5.20. The lowest BCUT2D eigenvalue weighted by Gasteiger charge is -2.12. The zero-order chi connectivity index (χ0) is 13.8. The fourth-order valence-electron chi connectivity index (χ4n) is 1.88. The molecule has 0 amide bonds. The van der Waals surface area contributed by atoms with Gasteiger partial charge in [0.1, 0.15) is 0 Å². The second-order valence-corrected chi connectivity index (χ2v) is 4.18. The Kier molecular flexibility index (Phi) is 4.01. The highest BCUT2D eigenvalue weighted by Gasteiger charge is 2.16. The van der Waals surface area contributed by atoms with Crippen molar-refractivity contribution in [1.82, 2.24) is 14.8 Å². The number of nitrogens with one attached hydrogen (secondary N) is 1. The van der Waals surface area contributed by atoms with E-state index in [1.165, 1.54) is 0 Å². The minimum Gasteiger partial charge on any atom is -0.493 e. The van der Waals surface area contributed by atoms with Crippen LogP contribution in [-0.4, -0.2) is 29.0 Å². The highest BCUT2D eigenvalue weighted by Crippen LogP contribution is 2.36. The average molecular weight is 277 g/mol. The molecule has 2 aromatic rings. The van der Waals surface area contributed by atoms with Crippen LogP contribution in [0, 0.1) is 4.77 Å². The fourth-order valence-corrected chi connectivity index (χ4v) is 2.09. The molecule has 0 spiro atoms. The number of allylic oxidation sites excluding steroid dienone is 1. The van der Waals surface area contributed by atoms with E-state index in [1.54, 1.807) is 20.3 Å². The first kappa shape index (κ1) is 13.4. The van der Waals surface area contributed by atoms with E-state index < -0.39 is 0 Å². The van der Waals surface area contributed by atoms with Crippen molar-refractivity contribution in [2.45, 2.75) is 6.54 Å². The van der Waals surface area contributed by atoms with Gasteiger partial charge in [0.15, 0.2) is 22.1 Å². The van der Waals surface area contributed by atoms with Gasteiger partial charge in [0.25, 0.3) is 0 Å². The molecule has 0 saturated heterocycles. The number of aromatic nitrogens is 3. The SMILES string of the molecule is C=CCn1c(-c2cccc(OC)c2OC)n[nH]c1=S. The van der Waals surface area contributed by atoms with Gasteiger partial charge in [-0.15, -0.1) is 6.58 Å². The van der Waals surface area contributed by atoms with E-state index in [-0.39, 0.29) is 0 Å². The first-order chi connectivity index (χ1) is 9.22. The summed E-state index contributed by atoms with van der Waals surface area (Å²) in [6.45, 7) is 4.30. The Hall–Kier alpha value is -2.08. The minimum absolute atomic E-state index is 0.541. The molecule has 1 aromatic carbocycles. The van der Waals surface area contributed by atoms with Crippen molar-refractivity contribution in [3.63, 3.8) is 0 Å². The number of ether oxygens (including phenoxy) is 2. The van der Waals surface area contributed by atoms with Crippen LogP contribution >= 0.6 is 12.2 Å². The molecular weight excluding hydrogens is 262 g/mol. The molecular formula is C13H15N3O2S. The van der Waals surface area contributed by atoms with Gasteiger partial charge < -0.3 is 9.47 Å². The van der Waals surface area contributed by atoms with Crippen LogP contribution in [0.5, 0.6) is 11.5 Å². The Morgan fingerprint density at radius 1 is 1.42 bits per heavy atom. The van der Waals surface area contributed by atoms with Crippen LogP contribution in [0.4, 0.5) is 0 Å². The van der Waals surface area contributed by atoms with Crippen molar-refractivity contribution in [2.24, 2.45) is 0 Å². The maximum Gasteiger partial charge on any atom is 0.195 e. The Morgan fingerprint density at radius 3 is 2.84 bits per heavy atom. The van der Waals surface area contributed by atoms with E-state index in [9.17, 15) is 0 Å². The van der Waals surface area contributed by atoms with Gasteiger partial charge in [0.2, 0.25) is 0 Å². The van der Waals surface area contributed by atoms with E-state index in [1.807, 2.05) is 22.8 Å². The van der Waals surface area contributed by atoms with E-state index in [0.29, 0.717) is 28.6 Å². The lowest BCUT2D eigenvalue weighted by Crippen LogP contribution is -2.01. The molecule has 0 aliphatic heterocycles. The highest BCUT2D eigenvalue weighted by atomic mass is 32.1. The van der Waals surface area contributed by atoms with Crippen molar-refractivity contribution in [3.8, 4) is 22.9 Å². The third-order valence-electron chi connectivity index (χ3n) is 2.71. The number of methoxy groups -OCH3 is 2. The topological polar surface area (TPSA) is 52.1 Å². The van der Waals surface area contributed by atoms with E-state index in [4.69, 9.17) is 21.7 Å². The molecule has 19 heavy (non-hydrogen) atoms. The number of nitrogens with zero attached hydrogens (tertiary/aromatic N) is 2. The summed E-state index contributed by atoms with van der Waals surface area (Å²) in [4.78, 5) is 0. The molecule has 1 aromatic heterocycles. The largest absolute Gasteiger partial charge is 0.493 e. The van der Waals surface area contributed by atoms with Gasteiger partial charge in [-0.3, -0.25) is 9.67 Å². The minimum atomic E-state index is 0.541. The van der Waals surface area contributed by atoms with Gasteiger partial charge in [-0.1, -0.05) is 12.1 Å². The smallest absolute Gasteiger partial charge is 0.195 e. The van der Waals surface area contributed by atoms with Crippen LogP contribution in [0.2, 0.25) is 0 Å². The maximum absolute atomic E-state index is 5.41. The van der Waals surface area contributed by atoms with Crippen LogP contribution in [0.25, 0.3) is 11.4 Å². The molecule has 0 saturated carbocycles. The van der Waals surface area contributed by atoms with Crippen LogP contribution in [-0.2, 0) is 6.54 Å². The van der Waals surface area contributed by atoms with Crippen molar-refractivity contribution in [3.05, 3.63) is 35.6 Å². The molecule has 5 nitrogen and oxygen atoms in total. The van der Waals surface area contributed by atoms with Crippen LogP contribution in [0.3, 0.4) is 0 Å². The molecule has 0 unspecified atom stereocenters. The van der Waals surface area contributed by atoms with E-state index in [0.717, 1.165) is 5.56 Å². The summed E-state index contributed by atoms with van der Waals surface area (Å²) in [7, 11) is 3.20. The molecule has 0 fully saturated rings. The molecule has 6 heteroatoms. The van der Waals surface area contributed by atoms with Gasteiger partial charge >= 0.3 is 0 Å².